The van der Waals surface area contributed by atoms with Gasteiger partial charge in [-0.25, -0.2) is 4.98 Å². The van der Waals surface area contributed by atoms with Crippen LogP contribution in [-0.4, -0.2) is 21.9 Å². The lowest BCUT2D eigenvalue weighted by molar-refractivity contribution is -0.137. The normalized spacial score (nSPS) is 11.0. The van der Waals surface area contributed by atoms with Crippen molar-refractivity contribution < 1.29 is 27.9 Å². The molecule has 25 heavy (non-hydrogen) atoms. The maximum absolute atomic E-state index is 12.6. The maximum atomic E-state index is 12.6. The molecule has 0 saturated heterocycles. The number of hydrogen-bond acceptors (Lipinski definition) is 4. The van der Waals surface area contributed by atoms with E-state index in [9.17, 15) is 27.9 Å². The van der Waals surface area contributed by atoms with E-state index in [1.54, 1.807) is 0 Å². The Morgan fingerprint density at radius 3 is 2.52 bits per heavy atom. The lowest BCUT2D eigenvalue weighted by atomic mass is 10.2. The first kappa shape index (κ1) is 18.5. The zero-order chi connectivity index (χ0) is 18.6. The molecule has 6 nitrogen and oxygen atoms in total. The van der Waals surface area contributed by atoms with Crippen LogP contribution in [0.4, 0.5) is 24.5 Å². The van der Waals surface area contributed by atoms with Gasteiger partial charge in [-0.15, -0.1) is 0 Å². The number of hydrogen-bond donors (Lipinski definition) is 3. The van der Waals surface area contributed by atoms with Crippen LogP contribution in [0.1, 0.15) is 12.0 Å². The molecule has 2 rings (SSSR count). The van der Waals surface area contributed by atoms with Gasteiger partial charge in [0.2, 0.25) is 11.8 Å². The Bertz CT molecular complexity index is 812. The van der Waals surface area contributed by atoms with Gasteiger partial charge in [-0.05, 0) is 24.3 Å². The van der Waals surface area contributed by atoms with Crippen molar-refractivity contribution in [3.8, 4) is 5.75 Å². The van der Waals surface area contributed by atoms with Crippen LogP contribution in [0.5, 0.6) is 5.75 Å². The largest absolute Gasteiger partial charge is 0.503 e. The molecule has 10 heteroatoms. The minimum absolute atomic E-state index is 0.0446. The summed E-state index contributed by atoms with van der Waals surface area (Å²) in [5.41, 5.74) is -1.06. The van der Waals surface area contributed by atoms with Crippen molar-refractivity contribution in [1.29, 1.82) is 0 Å². The van der Waals surface area contributed by atoms with Gasteiger partial charge in [-0.2, -0.15) is 13.2 Å². The second-order valence-corrected chi connectivity index (χ2v) is 5.21. The monoisotopic (exact) mass is 373 g/mol. The van der Waals surface area contributed by atoms with E-state index in [0.29, 0.717) is 0 Å². The Labute approximate surface area is 144 Å². The lowest BCUT2D eigenvalue weighted by Gasteiger charge is -2.10. The van der Waals surface area contributed by atoms with Crippen molar-refractivity contribution in [3.05, 3.63) is 47.2 Å². The number of rotatable bonds is 4. The van der Waals surface area contributed by atoms with E-state index in [0.717, 1.165) is 18.2 Å². The number of anilines is 2. The van der Waals surface area contributed by atoms with Crippen LogP contribution >= 0.6 is 11.6 Å². The molecule has 0 atom stereocenters. The van der Waals surface area contributed by atoms with Gasteiger partial charge in [0, 0.05) is 11.9 Å². The molecular formula is C15H11ClF3N3O3. The Kier molecular flexibility index (Phi) is 5.48. The number of aromatic hydroxyl groups is 1. The predicted octanol–water partition coefficient (Wildman–Crippen LogP) is 3.43. The minimum atomic E-state index is -4.55. The average molecular weight is 374 g/mol. The smallest absolute Gasteiger partial charge is 0.416 e. The highest BCUT2D eigenvalue weighted by Gasteiger charge is 2.30. The van der Waals surface area contributed by atoms with Crippen LogP contribution < -0.4 is 10.6 Å². The van der Waals surface area contributed by atoms with E-state index in [-0.39, 0.29) is 16.5 Å². The Balaban J connectivity index is 1.98. The average Bonchev–Trinajstić information content (AvgIpc) is 2.51. The van der Waals surface area contributed by atoms with E-state index in [4.69, 9.17) is 11.6 Å². The molecule has 0 unspecified atom stereocenters. The number of alkyl halides is 3. The van der Waals surface area contributed by atoms with Gasteiger partial charge in [0.25, 0.3) is 0 Å². The summed E-state index contributed by atoms with van der Waals surface area (Å²) in [5, 5.41) is 13.8. The standard InChI is InChI=1S/C15H11ClF3N3O3/c16-14-13(25)10(4-5-20-14)22-12(24)7-11(23)21-9-3-1-2-8(6-9)15(17,18)19/h1-6,25H,7H2,(H,21,23)(H,20,22,24). The summed E-state index contributed by atoms with van der Waals surface area (Å²) in [4.78, 5) is 27.1. The highest BCUT2D eigenvalue weighted by atomic mass is 35.5. The topological polar surface area (TPSA) is 91.3 Å². The number of carbonyl (C=O) groups is 2. The molecule has 1 heterocycles. The predicted molar refractivity (Wildman–Crippen MR) is 84.2 cm³/mol. The molecule has 0 fully saturated rings. The maximum Gasteiger partial charge on any atom is 0.416 e. The van der Waals surface area contributed by atoms with Crippen molar-refractivity contribution in [1.82, 2.24) is 4.98 Å². The van der Waals surface area contributed by atoms with Gasteiger partial charge in [0.15, 0.2) is 10.9 Å². The number of carbonyl (C=O) groups excluding carboxylic acids is 2. The molecule has 0 bridgehead atoms. The lowest BCUT2D eigenvalue weighted by Crippen LogP contribution is -2.21. The second kappa shape index (κ2) is 7.39. The summed E-state index contributed by atoms with van der Waals surface area (Å²) >= 11 is 5.58. The third-order valence-electron chi connectivity index (χ3n) is 2.95. The molecule has 1 aromatic heterocycles. The summed E-state index contributed by atoms with van der Waals surface area (Å²) < 4.78 is 37.8. The molecule has 0 aliphatic carbocycles. The van der Waals surface area contributed by atoms with Crippen LogP contribution in [-0.2, 0) is 15.8 Å². The fraction of sp³-hybridized carbons (Fsp3) is 0.133. The van der Waals surface area contributed by atoms with Gasteiger partial charge in [-0.1, -0.05) is 17.7 Å². The van der Waals surface area contributed by atoms with E-state index < -0.39 is 35.7 Å². The van der Waals surface area contributed by atoms with Gasteiger partial charge >= 0.3 is 6.18 Å². The molecule has 0 aliphatic rings. The van der Waals surface area contributed by atoms with E-state index in [2.05, 4.69) is 15.6 Å². The Morgan fingerprint density at radius 1 is 1.16 bits per heavy atom. The minimum Gasteiger partial charge on any atom is -0.503 e. The van der Waals surface area contributed by atoms with Crippen molar-refractivity contribution >= 4 is 34.8 Å². The number of nitrogens with one attached hydrogen (secondary N) is 2. The summed E-state index contributed by atoms with van der Waals surface area (Å²) in [6.07, 6.45) is -3.98. The highest BCUT2D eigenvalue weighted by molar-refractivity contribution is 6.31. The van der Waals surface area contributed by atoms with Crippen molar-refractivity contribution in [2.24, 2.45) is 0 Å². The van der Waals surface area contributed by atoms with Crippen LogP contribution in [0.3, 0.4) is 0 Å². The first-order valence-electron chi connectivity index (χ1n) is 6.77. The summed E-state index contributed by atoms with van der Waals surface area (Å²) in [5.74, 6) is -2.07. The van der Waals surface area contributed by atoms with Crippen molar-refractivity contribution in [3.63, 3.8) is 0 Å². The zero-order valence-electron chi connectivity index (χ0n) is 12.4. The molecule has 2 amide bonds. The quantitative estimate of drug-likeness (QED) is 0.565. The number of halogens is 4. The van der Waals surface area contributed by atoms with Crippen LogP contribution in [0.2, 0.25) is 5.15 Å². The Morgan fingerprint density at radius 2 is 1.84 bits per heavy atom. The molecule has 0 saturated carbocycles. The number of aromatic nitrogens is 1. The zero-order valence-corrected chi connectivity index (χ0v) is 13.1. The summed E-state index contributed by atoms with van der Waals surface area (Å²) in [6, 6.07) is 5.28. The molecule has 132 valence electrons. The van der Waals surface area contributed by atoms with E-state index in [1.165, 1.54) is 18.3 Å². The summed E-state index contributed by atoms with van der Waals surface area (Å²) in [6.45, 7) is 0. The third-order valence-corrected chi connectivity index (χ3v) is 3.23. The SMILES string of the molecule is O=C(CC(=O)Nc1ccnc(Cl)c1O)Nc1cccc(C(F)(F)F)c1. The van der Waals surface area contributed by atoms with Crippen molar-refractivity contribution in [2.45, 2.75) is 12.6 Å². The van der Waals surface area contributed by atoms with Gasteiger partial charge < -0.3 is 15.7 Å². The molecule has 0 spiro atoms. The van der Waals surface area contributed by atoms with Crippen LogP contribution in [0, 0.1) is 0 Å². The molecule has 0 radical (unpaired) electrons. The van der Waals surface area contributed by atoms with Crippen molar-refractivity contribution in [2.75, 3.05) is 10.6 Å². The molecule has 3 N–H and O–H groups in total. The van der Waals surface area contributed by atoms with Crippen LogP contribution in [0.15, 0.2) is 36.5 Å². The highest BCUT2D eigenvalue weighted by Crippen LogP contribution is 2.31. The number of nitrogens with zero attached hydrogens (tertiary/aromatic N) is 1. The van der Waals surface area contributed by atoms with Gasteiger partial charge in [0.05, 0.1) is 11.3 Å². The first-order valence-corrected chi connectivity index (χ1v) is 7.15. The number of benzene rings is 1. The molecule has 0 aliphatic heterocycles. The number of amides is 2. The second-order valence-electron chi connectivity index (χ2n) is 4.85. The number of pyridine rings is 1. The third kappa shape index (κ3) is 5.08. The fourth-order valence-corrected chi connectivity index (χ4v) is 2.01. The van der Waals surface area contributed by atoms with Crippen LogP contribution in [0.25, 0.3) is 0 Å². The van der Waals surface area contributed by atoms with E-state index in [1.807, 2.05) is 0 Å². The van der Waals surface area contributed by atoms with E-state index >= 15 is 0 Å². The molecule has 1 aromatic carbocycles. The summed E-state index contributed by atoms with van der Waals surface area (Å²) in [7, 11) is 0. The molecular weight excluding hydrogens is 363 g/mol. The van der Waals surface area contributed by atoms with Gasteiger partial charge in [-0.3, -0.25) is 9.59 Å². The fourth-order valence-electron chi connectivity index (χ4n) is 1.85. The molecule has 2 aromatic rings. The Hall–Kier alpha value is -2.81. The van der Waals surface area contributed by atoms with Gasteiger partial charge in [0.1, 0.15) is 6.42 Å². The first-order chi connectivity index (χ1) is 11.7.